The summed E-state index contributed by atoms with van der Waals surface area (Å²) in [7, 11) is 0. The number of hydrogen-bond acceptors (Lipinski definition) is 8. The van der Waals surface area contributed by atoms with Crippen LogP contribution in [0.25, 0.3) is 10.2 Å². The third kappa shape index (κ3) is 5.46. The van der Waals surface area contributed by atoms with Gasteiger partial charge in [0.15, 0.2) is 10.3 Å². The fraction of sp³-hybridized carbons (Fsp3) is 0.471. The molecule has 29 heavy (non-hydrogen) atoms. The molecule has 0 fully saturated rings. The van der Waals surface area contributed by atoms with Gasteiger partial charge in [0.1, 0.15) is 9.71 Å². The summed E-state index contributed by atoms with van der Waals surface area (Å²) in [6.45, 7) is 8.42. The summed E-state index contributed by atoms with van der Waals surface area (Å²) in [5, 5.41) is 3.98. The van der Waals surface area contributed by atoms with E-state index in [-0.39, 0.29) is 23.8 Å². The predicted octanol–water partition coefficient (Wildman–Crippen LogP) is 1.57. The van der Waals surface area contributed by atoms with Crippen molar-refractivity contribution in [1.29, 1.82) is 0 Å². The third-order valence-electron chi connectivity index (χ3n) is 3.78. The maximum atomic E-state index is 13.0. The normalized spacial score (nSPS) is 10.6. The van der Waals surface area contributed by atoms with Gasteiger partial charge in [-0.15, -0.1) is 11.3 Å². The molecule has 2 aromatic heterocycles. The molecule has 0 aliphatic rings. The van der Waals surface area contributed by atoms with E-state index in [4.69, 9.17) is 17.0 Å². The Morgan fingerprint density at radius 2 is 2.00 bits per heavy atom. The van der Waals surface area contributed by atoms with E-state index in [2.05, 4.69) is 21.2 Å². The SMILES string of the molecule is CCNC(=S)NNC(=O)CSc1nc2sc(C(=O)OCC)c(C)c2c(=O)n1CC. The number of ether oxygens (including phenoxy) is 1. The highest BCUT2D eigenvalue weighted by atomic mass is 32.2. The number of thiocarbonyl (C=S) groups is 1. The molecular weight excluding hydrogens is 434 g/mol. The number of nitrogens with one attached hydrogen (secondary N) is 3. The van der Waals surface area contributed by atoms with E-state index in [1.54, 1.807) is 13.8 Å². The zero-order valence-electron chi connectivity index (χ0n) is 16.6. The second kappa shape index (κ2) is 10.6. The monoisotopic (exact) mass is 457 g/mol. The van der Waals surface area contributed by atoms with Crippen LogP contribution in [0.2, 0.25) is 0 Å². The van der Waals surface area contributed by atoms with E-state index in [1.807, 2.05) is 13.8 Å². The minimum absolute atomic E-state index is 0.0365. The van der Waals surface area contributed by atoms with Crippen molar-refractivity contribution in [1.82, 2.24) is 25.7 Å². The number of hydrazine groups is 1. The Bertz CT molecular complexity index is 986. The van der Waals surface area contributed by atoms with E-state index >= 15 is 0 Å². The smallest absolute Gasteiger partial charge is 0.348 e. The van der Waals surface area contributed by atoms with Gasteiger partial charge in [-0.25, -0.2) is 9.78 Å². The minimum Gasteiger partial charge on any atom is -0.462 e. The zero-order valence-corrected chi connectivity index (χ0v) is 19.0. The Labute approximate surface area is 181 Å². The van der Waals surface area contributed by atoms with Crippen molar-refractivity contribution >= 4 is 62.5 Å². The fourth-order valence-electron chi connectivity index (χ4n) is 2.48. The van der Waals surface area contributed by atoms with Gasteiger partial charge < -0.3 is 10.1 Å². The number of thioether (sulfide) groups is 1. The molecule has 0 aliphatic heterocycles. The zero-order chi connectivity index (χ0) is 21.6. The Morgan fingerprint density at radius 3 is 2.62 bits per heavy atom. The molecule has 9 nitrogen and oxygen atoms in total. The van der Waals surface area contributed by atoms with E-state index in [9.17, 15) is 14.4 Å². The molecule has 0 bridgehead atoms. The highest BCUT2D eigenvalue weighted by Crippen LogP contribution is 2.29. The maximum absolute atomic E-state index is 13.0. The molecule has 0 saturated carbocycles. The summed E-state index contributed by atoms with van der Waals surface area (Å²) in [4.78, 5) is 42.5. The van der Waals surface area contributed by atoms with Crippen molar-refractivity contribution in [2.45, 2.75) is 39.4 Å². The van der Waals surface area contributed by atoms with Crippen LogP contribution in [0.15, 0.2) is 9.95 Å². The van der Waals surface area contributed by atoms with Crippen molar-refractivity contribution < 1.29 is 14.3 Å². The molecule has 1 amide bonds. The number of rotatable bonds is 7. The van der Waals surface area contributed by atoms with Crippen LogP contribution >= 0.6 is 35.3 Å². The number of hydrogen-bond donors (Lipinski definition) is 3. The summed E-state index contributed by atoms with van der Waals surface area (Å²) >= 11 is 7.23. The number of thiophene rings is 1. The van der Waals surface area contributed by atoms with Gasteiger partial charge in [-0.1, -0.05) is 11.8 Å². The summed E-state index contributed by atoms with van der Waals surface area (Å²) in [5.41, 5.74) is 5.40. The van der Waals surface area contributed by atoms with Gasteiger partial charge in [-0.3, -0.25) is 25.0 Å². The Kier molecular flexibility index (Phi) is 8.41. The summed E-state index contributed by atoms with van der Waals surface area (Å²) in [6.07, 6.45) is 0. The quantitative estimate of drug-likeness (QED) is 0.187. The van der Waals surface area contributed by atoms with Crippen molar-refractivity contribution in [2.75, 3.05) is 18.9 Å². The number of nitrogens with zero attached hydrogens (tertiary/aromatic N) is 2. The molecule has 12 heteroatoms. The van der Waals surface area contributed by atoms with Gasteiger partial charge in [0.05, 0.1) is 17.7 Å². The van der Waals surface area contributed by atoms with E-state index < -0.39 is 5.97 Å². The molecule has 0 saturated heterocycles. The molecule has 0 aliphatic carbocycles. The highest BCUT2D eigenvalue weighted by molar-refractivity contribution is 7.99. The predicted molar refractivity (Wildman–Crippen MR) is 119 cm³/mol. The number of aromatic nitrogens is 2. The van der Waals surface area contributed by atoms with Crippen LogP contribution in [0.3, 0.4) is 0 Å². The van der Waals surface area contributed by atoms with Crippen LogP contribution < -0.4 is 21.7 Å². The molecule has 158 valence electrons. The number of amides is 1. The lowest BCUT2D eigenvalue weighted by Crippen LogP contribution is -2.47. The lowest BCUT2D eigenvalue weighted by atomic mass is 10.2. The van der Waals surface area contributed by atoms with E-state index in [1.165, 1.54) is 4.57 Å². The number of carbonyl (C=O) groups excluding carboxylic acids is 2. The van der Waals surface area contributed by atoms with E-state index in [0.29, 0.717) is 44.0 Å². The van der Waals surface area contributed by atoms with E-state index in [0.717, 1.165) is 23.1 Å². The second-order valence-corrected chi connectivity index (χ2v) is 8.07. The van der Waals surface area contributed by atoms with Crippen LogP contribution in [0.1, 0.15) is 36.0 Å². The Balaban J connectivity index is 2.25. The molecule has 0 aromatic carbocycles. The van der Waals surface area contributed by atoms with Gasteiger partial charge in [-0.2, -0.15) is 0 Å². The van der Waals surface area contributed by atoms with Crippen LogP contribution in [-0.4, -0.2) is 45.4 Å². The number of esters is 1. The second-order valence-electron chi connectivity index (χ2n) is 5.72. The number of fused-ring (bicyclic) bond motifs is 1. The van der Waals surface area contributed by atoms with Crippen molar-refractivity contribution in [3.63, 3.8) is 0 Å². The van der Waals surface area contributed by atoms with Gasteiger partial charge in [0.25, 0.3) is 5.56 Å². The molecule has 2 rings (SSSR count). The first-order chi connectivity index (χ1) is 13.8. The molecule has 0 radical (unpaired) electrons. The Morgan fingerprint density at radius 1 is 1.28 bits per heavy atom. The summed E-state index contributed by atoms with van der Waals surface area (Å²) in [5.74, 6) is -0.747. The molecule has 3 N–H and O–H groups in total. The first kappa shape index (κ1) is 23.1. The van der Waals surface area contributed by atoms with Crippen molar-refractivity contribution in [2.24, 2.45) is 0 Å². The highest BCUT2D eigenvalue weighted by Gasteiger charge is 2.22. The topological polar surface area (TPSA) is 114 Å². The first-order valence-corrected chi connectivity index (χ1v) is 11.2. The summed E-state index contributed by atoms with van der Waals surface area (Å²) in [6, 6.07) is 0. The van der Waals surface area contributed by atoms with Gasteiger partial charge >= 0.3 is 5.97 Å². The number of carbonyl (C=O) groups is 2. The van der Waals surface area contributed by atoms with Crippen molar-refractivity contribution in [3.8, 4) is 0 Å². The minimum atomic E-state index is -0.466. The van der Waals surface area contributed by atoms with Crippen LogP contribution in [0.5, 0.6) is 0 Å². The molecule has 0 unspecified atom stereocenters. The standard InChI is InChI=1S/C17H23N5O4S3/c1-5-18-16(27)21-20-10(23)8-28-17-19-13-11(14(24)22(17)6-2)9(4)12(29-13)15(25)26-7-3/h5-8H2,1-4H3,(H,20,23)(H2,18,21,27). The average molecular weight is 458 g/mol. The number of aryl methyl sites for hydroxylation is 1. The molecule has 2 aromatic rings. The first-order valence-electron chi connectivity index (χ1n) is 9.00. The maximum Gasteiger partial charge on any atom is 0.348 e. The van der Waals surface area contributed by atoms with Gasteiger partial charge in [-0.05, 0) is 45.5 Å². The summed E-state index contributed by atoms with van der Waals surface area (Å²) < 4.78 is 6.55. The fourth-order valence-corrected chi connectivity index (χ4v) is 4.65. The molecular formula is C17H23N5O4S3. The van der Waals surface area contributed by atoms with Crippen LogP contribution in [0, 0.1) is 6.92 Å². The van der Waals surface area contributed by atoms with Crippen LogP contribution in [0.4, 0.5) is 0 Å². The van der Waals surface area contributed by atoms with Gasteiger partial charge in [0, 0.05) is 13.1 Å². The Hall–Kier alpha value is -2.18. The average Bonchev–Trinajstić information content (AvgIpc) is 3.02. The molecule has 0 spiro atoms. The van der Waals surface area contributed by atoms with Gasteiger partial charge in [0.2, 0.25) is 5.91 Å². The molecule has 0 atom stereocenters. The molecule has 2 heterocycles. The lowest BCUT2D eigenvalue weighted by molar-refractivity contribution is -0.119. The van der Waals surface area contributed by atoms with Crippen molar-refractivity contribution in [3.05, 3.63) is 20.8 Å². The largest absolute Gasteiger partial charge is 0.462 e. The lowest BCUT2D eigenvalue weighted by Gasteiger charge is -2.11. The third-order valence-corrected chi connectivity index (χ3v) is 6.17. The van der Waals surface area contributed by atoms with Crippen LogP contribution in [-0.2, 0) is 16.1 Å².